The second-order valence-electron chi connectivity index (χ2n) is 6.16. The van der Waals surface area contributed by atoms with Gasteiger partial charge in [0.1, 0.15) is 5.75 Å². The Bertz CT molecular complexity index is 421. The van der Waals surface area contributed by atoms with Crippen LogP contribution in [0.1, 0.15) is 44.6 Å². The van der Waals surface area contributed by atoms with Crippen LogP contribution in [0.15, 0.2) is 18.2 Å². The van der Waals surface area contributed by atoms with Gasteiger partial charge in [0.05, 0.1) is 6.61 Å². The lowest BCUT2D eigenvalue weighted by Crippen LogP contribution is -2.27. The van der Waals surface area contributed by atoms with Gasteiger partial charge in [-0.3, -0.25) is 0 Å². The monoisotopic (exact) mass is 245 g/mol. The van der Waals surface area contributed by atoms with Gasteiger partial charge in [-0.2, -0.15) is 0 Å². The predicted molar refractivity (Wildman–Crippen MR) is 75.3 cm³/mol. The fraction of sp³-hybridized carbons (Fsp3) is 0.625. The summed E-state index contributed by atoms with van der Waals surface area (Å²) in [6.45, 7) is 4.32. The third-order valence-corrected chi connectivity index (χ3v) is 4.43. The highest BCUT2D eigenvalue weighted by atomic mass is 16.5. The molecule has 0 bridgehead atoms. The summed E-state index contributed by atoms with van der Waals surface area (Å²) in [6.07, 6.45) is 7.91. The van der Waals surface area contributed by atoms with Crippen LogP contribution >= 0.6 is 0 Å². The normalized spacial score (nSPS) is 21.2. The molecule has 98 valence electrons. The average Bonchev–Trinajstić information content (AvgIpc) is 2.85. The van der Waals surface area contributed by atoms with Crippen molar-refractivity contribution in [1.29, 1.82) is 0 Å². The first kappa shape index (κ1) is 11.9. The molecule has 1 aromatic rings. The molecule has 18 heavy (non-hydrogen) atoms. The molecule has 3 rings (SSSR count). The van der Waals surface area contributed by atoms with Crippen LogP contribution in [-0.4, -0.2) is 13.2 Å². The van der Waals surface area contributed by atoms with Crippen LogP contribution in [0.25, 0.3) is 0 Å². The molecule has 2 heteroatoms. The molecule has 1 aliphatic carbocycles. The van der Waals surface area contributed by atoms with E-state index in [9.17, 15) is 0 Å². The van der Waals surface area contributed by atoms with Crippen LogP contribution in [0.2, 0.25) is 0 Å². The molecule has 1 N–H and O–H groups in total. The number of nitrogens with one attached hydrogen (secondary N) is 1. The number of hydrogen-bond donors (Lipinski definition) is 1. The Kier molecular flexibility index (Phi) is 3.19. The molecule has 0 radical (unpaired) electrons. The van der Waals surface area contributed by atoms with Crippen molar-refractivity contribution in [2.24, 2.45) is 5.41 Å². The highest BCUT2D eigenvalue weighted by Gasteiger charge is 2.27. The summed E-state index contributed by atoms with van der Waals surface area (Å²) in [6, 6.07) is 6.46. The van der Waals surface area contributed by atoms with E-state index >= 15 is 0 Å². The second-order valence-corrected chi connectivity index (χ2v) is 6.16. The van der Waals surface area contributed by atoms with Crippen molar-refractivity contribution in [2.75, 3.05) is 18.5 Å². The smallest absolute Gasteiger partial charge is 0.119 e. The largest absolute Gasteiger partial charge is 0.493 e. The van der Waals surface area contributed by atoms with Crippen molar-refractivity contribution < 1.29 is 4.74 Å². The molecule has 2 nitrogen and oxygen atoms in total. The fourth-order valence-corrected chi connectivity index (χ4v) is 3.18. The van der Waals surface area contributed by atoms with Crippen molar-refractivity contribution in [3.8, 4) is 5.75 Å². The molecule has 1 heterocycles. The summed E-state index contributed by atoms with van der Waals surface area (Å²) in [4.78, 5) is 0. The molecule has 0 unspecified atom stereocenters. The molecular weight excluding hydrogens is 222 g/mol. The van der Waals surface area contributed by atoms with Gasteiger partial charge in [0, 0.05) is 17.6 Å². The van der Waals surface area contributed by atoms with E-state index in [1.165, 1.54) is 43.4 Å². The maximum atomic E-state index is 6.05. The summed E-state index contributed by atoms with van der Waals surface area (Å²) in [5, 5.41) is 3.38. The SMILES string of the molecule is CC1(COc2ccc3c(c2)CCN3)CCCCC1. The molecule has 0 saturated heterocycles. The van der Waals surface area contributed by atoms with Gasteiger partial charge in [-0.25, -0.2) is 0 Å². The van der Waals surface area contributed by atoms with E-state index in [2.05, 4.69) is 30.4 Å². The lowest BCUT2D eigenvalue weighted by atomic mass is 9.76. The quantitative estimate of drug-likeness (QED) is 0.869. The Balaban J connectivity index is 1.62. The molecular formula is C16H23NO. The zero-order valence-corrected chi connectivity index (χ0v) is 11.3. The van der Waals surface area contributed by atoms with Gasteiger partial charge in [-0.15, -0.1) is 0 Å². The van der Waals surface area contributed by atoms with Crippen molar-refractivity contribution >= 4 is 5.69 Å². The van der Waals surface area contributed by atoms with Crippen LogP contribution < -0.4 is 10.1 Å². The fourth-order valence-electron chi connectivity index (χ4n) is 3.18. The number of rotatable bonds is 3. The number of anilines is 1. The third kappa shape index (κ3) is 2.47. The summed E-state index contributed by atoms with van der Waals surface area (Å²) in [5.74, 6) is 1.05. The topological polar surface area (TPSA) is 21.3 Å². The third-order valence-electron chi connectivity index (χ3n) is 4.43. The maximum Gasteiger partial charge on any atom is 0.119 e. The van der Waals surface area contributed by atoms with E-state index in [0.717, 1.165) is 25.3 Å². The summed E-state index contributed by atoms with van der Waals surface area (Å²) in [5.41, 5.74) is 3.09. The van der Waals surface area contributed by atoms with Crippen LogP contribution in [0.4, 0.5) is 5.69 Å². The van der Waals surface area contributed by atoms with E-state index in [4.69, 9.17) is 4.74 Å². The lowest BCUT2D eigenvalue weighted by molar-refractivity contribution is 0.116. The highest BCUT2D eigenvalue weighted by molar-refractivity contribution is 5.57. The van der Waals surface area contributed by atoms with E-state index in [1.807, 2.05) is 0 Å². The summed E-state index contributed by atoms with van der Waals surface area (Å²) in [7, 11) is 0. The zero-order valence-electron chi connectivity index (χ0n) is 11.3. The van der Waals surface area contributed by atoms with Gasteiger partial charge in [-0.1, -0.05) is 26.2 Å². The van der Waals surface area contributed by atoms with E-state index in [1.54, 1.807) is 0 Å². The Morgan fingerprint density at radius 1 is 1.22 bits per heavy atom. The number of ether oxygens (including phenoxy) is 1. The first-order valence-electron chi connectivity index (χ1n) is 7.25. The van der Waals surface area contributed by atoms with Gasteiger partial charge in [0.25, 0.3) is 0 Å². The maximum absolute atomic E-state index is 6.05. The standard InChI is InChI=1S/C16H23NO/c1-16(8-3-2-4-9-16)12-18-14-5-6-15-13(11-14)7-10-17-15/h5-6,11,17H,2-4,7-10,12H2,1H3. The Hall–Kier alpha value is -1.18. The predicted octanol–water partition coefficient (Wildman–Crippen LogP) is 4.00. The van der Waals surface area contributed by atoms with Crippen LogP contribution in [0.3, 0.4) is 0 Å². The van der Waals surface area contributed by atoms with Gasteiger partial charge in [-0.05, 0) is 43.0 Å². The van der Waals surface area contributed by atoms with Crippen molar-refractivity contribution in [3.63, 3.8) is 0 Å². The molecule has 1 saturated carbocycles. The Morgan fingerprint density at radius 3 is 2.89 bits per heavy atom. The molecule has 1 aliphatic heterocycles. The number of benzene rings is 1. The van der Waals surface area contributed by atoms with Gasteiger partial charge in [0.15, 0.2) is 0 Å². The Morgan fingerprint density at radius 2 is 2.06 bits per heavy atom. The van der Waals surface area contributed by atoms with Crippen LogP contribution in [-0.2, 0) is 6.42 Å². The first-order valence-corrected chi connectivity index (χ1v) is 7.25. The lowest BCUT2D eigenvalue weighted by Gasteiger charge is -2.33. The van der Waals surface area contributed by atoms with E-state index in [0.29, 0.717) is 5.41 Å². The summed E-state index contributed by atoms with van der Waals surface area (Å²) >= 11 is 0. The molecule has 0 amide bonds. The minimum Gasteiger partial charge on any atom is -0.493 e. The molecule has 0 atom stereocenters. The van der Waals surface area contributed by atoms with Crippen molar-refractivity contribution in [3.05, 3.63) is 23.8 Å². The average molecular weight is 245 g/mol. The first-order chi connectivity index (χ1) is 8.75. The van der Waals surface area contributed by atoms with Gasteiger partial charge in [0.2, 0.25) is 0 Å². The van der Waals surface area contributed by atoms with E-state index in [-0.39, 0.29) is 0 Å². The van der Waals surface area contributed by atoms with Crippen molar-refractivity contribution in [2.45, 2.75) is 45.4 Å². The number of fused-ring (bicyclic) bond motifs is 1. The van der Waals surface area contributed by atoms with Gasteiger partial charge < -0.3 is 10.1 Å². The molecule has 1 fully saturated rings. The summed E-state index contributed by atoms with van der Waals surface area (Å²) < 4.78 is 6.05. The van der Waals surface area contributed by atoms with Crippen LogP contribution in [0.5, 0.6) is 5.75 Å². The van der Waals surface area contributed by atoms with E-state index < -0.39 is 0 Å². The minimum atomic E-state index is 0.398. The molecule has 2 aliphatic rings. The highest BCUT2D eigenvalue weighted by Crippen LogP contribution is 2.36. The minimum absolute atomic E-state index is 0.398. The van der Waals surface area contributed by atoms with Crippen LogP contribution in [0, 0.1) is 5.41 Å². The van der Waals surface area contributed by atoms with Crippen molar-refractivity contribution in [1.82, 2.24) is 0 Å². The molecule has 1 aromatic carbocycles. The molecule has 0 spiro atoms. The Labute approximate surface area is 110 Å². The van der Waals surface area contributed by atoms with Gasteiger partial charge >= 0.3 is 0 Å². The number of hydrogen-bond acceptors (Lipinski definition) is 2. The molecule has 0 aromatic heterocycles. The zero-order chi connectivity index (χ0) is 12.4. The second kappa shape index (κ2) is 4.83.